The molecule has 1 aliphatic heterocycles. The lowest BCUT2D eigenvalue weighted by molar-refractivity contribution is -0.147. The molecule has 0 saturated carbocycles. The zero-order valence-electron chi connectivity index (χ0n) is 12.3. The number of hydrogen-bond donors (Lipinski definition) is 2. The average molecular weight is 322 g/mol. The van der Waals surface area contributed by atoms with Gasteiger partial charge in [-0.25, -0.2) is 9.18 Å². The molecule has 1 amide bonds. The minimum absolute atomic E-state index is 0.0705. The molecule has 8 heteroatoms. The summed E-state index contributed by atoms with van der Waals surface area (Å²) in [6.07, 6.45) is 0. The molecule has 3 rings (SSSR count). The summed E-state index contributed by atoms with van der Waals surface area (Å²) in [5, 5.41) is 9.63. The lowest BCUT2D eigenvalue weighted by Gasteiger charge is -2.32. The molecular weight excluding hydrogens is 307 g/mol. The van der Waals surface area contributed by atoms with Gasteiger partial charge in [0, 0.05) is 11.9 Å². The number of H-pyrrole nitrogens is 1. The maximum atomic E-state index is 13.9. The third-order valence-electron chi connectivity index (χ3n) is 3.83. The van der Waals surface area contributed by atoms with Crippen molar-refractivity contribution in [2.24, 2.45) is 0 Å². The molecule has 2 heterocycles. The summed E-state index contributed by atoms with van der Waals surface area (Å²) in [7, 11) is 1.45. The average Bonchev–Trinajstić information content (AvgIpc) is 3.00. The number of carboxylic acids is 1. The van der Waals surface area contributed by atoms with Crippen molar-refractivity contribution in [1.82, 2.24) is 9.88 Å². The molecule has 1 unspecified atom stereocenters. The Hall–Kier alpha value is -2.61. The van der Waals surface area contributed by atoms with Crippen molar-refractivity contribution in [3.8, 4) is 5.75 Å². The molecule has 1 atom stereocenters. The summed E-state index contributed by atoms with van der Waals surface area (Å²) in [5.74, 6) is -1.75. The highest BCUT2D eigenvalue weighted by molar-refractivity contribution is 6.01. The van der Waals surface area contributed by atoms with Gasteiger partial charge in [0.25, 0.3) is 5.91 Å². The molecule has 0 radical (unpaired) electrons. The molecule has 1 fully saturated rings. The van der Waals surface area contributed by atoms with Crippen LogP contribution in [0.3, 0.4) is 0 Å². The maximum absolute atomic E-state index is 13.9. The van der Waals surface area contributed by atoms with Gasteiger partial charge in [-0.3, -0.25) is 4.79 Å². The van der Waals surface area contributed by atoms with E-state index in [-0.39, 0.29) is 31.0 Å². The summed E-state index contributed by atoms with van der Waals surface area (Å²) in [6, 6.07) is 3.11. The number of aliphatic carboxylic acids is 1. The van der Waals surface area contributed by atoms with Crippen LogP contribution in [-0.2, 0) is 9.53 Å². The number of amides is 1. The molecule has 0 aliphatic carbocycles. The van der Waals surface area contributed by atoms with Gasteiger partial charge in [-0.2, -0.15) is 0 Å². The van der Waals surface area contributed by atoms with E-state index in [0.717, 1.165) is 0 Å². The maximum Gasteiger partial charge on any atom is 0.328 e. The first kappa shape index (κ1) is 15.3. The largest absolute Gasteiger partial charge is 0.496 e. The number of benzene rings is 1. The lowest BCUT2D eigenvalue weighted by atomic mass is 10.2. The number of halogens is 1. The topological polar surface area (TPSA) is 91.9 Å². The third-order valence-corrected chi connectivity index (χ3v) is 3.83. The van der Waals surface area contributed by atoms with Crippen LogP contribution in [0.2, 0.25) is 0 Å². The fourth-order valence-corrected chi connectivity index (χ4v) is 2.66. The molecule has 0 spiro atoms. The number of rotatable bonds is 3. The highest BCUT2D eigenvalue weighted by Gasteiger charge is 2.34. The van der Waals surface area contributed by atoms with Crippen LogP contribution in [0.15, 0.2) is 18.2 Å². The van der Waals surface area contributed by atoms with Crippen LogP contribution in [-0.4, -0.2) is 59.8 Å². The minimum Gasteiger partial charge on any atom is -0.496 e. The van der Waals surface area contributed by atoms with Crippen molar-refractivity contribution in [3.05, 3.63) is 29.7 Å². The van der Waals surface area contributed by atoms with E-state index in [4.69, 9.17) is 9.47 Å². The van der Waals surface area contributed by atoms with E-state index in [1.807, 2.05) is 0 Å². The van der Waals surface area contributed by atoms with E-state index in [1.54, 1.807) is 0 Å². The molecule has 0 bridgehead atoms. The number of carboxylic acid groups (broad SMARTS) is 1. The number of fused-ring (bicyclic) bond motifs is 1. The summed E-state index contributed by atoms with van der Waals surface area (Å²) >= 11 is 0. The number of carbonyl (C=O) groups is 2. The monoisotopic (exact) mass is 322 g/mol. The Kier molecular flexibility index (Phi) is 3.91. The number of aromatic nitrogens is 1. The fraction of sp³-hybridized carbons (Fsp3) is 0.333. The van der Waals surface area contributed by atoms with Gasteiger partial charge >= 0.3 is 5.97 Å². The number of methoxy groups -OCH3 is 1. The van der Waals surface area contributed by atoms with Crippen LogP contribution in [0.25, 0.3) is 10.9 Å². The summed E-state index contributed by atoms with van der Waals surface area (Å²) < 4.78 is 24.2. The Balaban J connectivity index is 2.00. The standard InChI is InChI=1S/C15H15FN2O5/c1-22-12-3-2-9(16)13-8(12)6-10(17-13)14(19)18-4-5-23-7-11(18)15(20)21/h2-3,6,11,17H,4-5,7H2,1H3,(H,20,21). The van der Waals surface area contributed by atoms with Crippen molar-refractivity contribution in [3.63, 3.8) is 0 Å². The van der Waals surface area contributed by atoms with Crippen molar-refractivity contribution in [1.29, 1.82) is 0 Å². The molecule has 7 nitrogen and oxygen atoms in total. The molecule has 23 heavy (non-hydrogen) atoms. The minimum atomic E-state index is -1.14. The van der Waals surface area contributed by atoms with Crippen molar-refractivity contribution < 1.29 is 28.6 Å². The van der Waals surface area contributed by atoms with Crippen LogP contribution < -0.4 is 4.74 Å². The first-order chi connectivity index (χ1) is 11.0. The quantitative estimate of drug-likeness (QED) is 0.887. The third kappa shape index (κ3) is 2.61. The number of nitrogens with one attached hydrogen (secondary N) is 1. The Bertz CT molecular complexity index is 773. The van der Waals surface area contributed by atoms with Gasteiger partial charge in [-0.15, -0.1) is 0 Å². The Morgan fingerprint density at radius 3 is 2.96 bits per heavy atom. The molecule has 1 aromatic carbocycles. The second kappa shape index (κ2) is 5.88. The number of aromatic amines is 1. The first-order valence-corrected chi connectivity index (χ1v) is 6.99. The van der Waals surface area contributed by atoms with Crippen LogP contribution >= 0.6 is 0 Å². The van der Waals surface area contributed by atoms with Crippen LogP contribution in [0.1, 0.15) is 10.5 Å². The van der Waals surface area contributed by atoms with E-state index >= 15 is 0 Å². The van der Waals surface area contributed by atoms with Crippen LogP contribution in [0.4, 0.5) is 4.39 Å². The van der Waals surface area contributed by atoms with Crippen molar-refractivity contribution in [2.45, 2.75) is 6.04 Å². The number of nitrogens with zero attached hydrogens (tertiary/aromatic N) is 1. The smallest absolute Gasteiger partial charge is 0.328 e. The van der Waals surface area contributed by atoms with Gasteiger partial charge < -0.3 is 24.5 Å². The Labute approximate surface area is 130 Å². The van der Waals surface area contributed by atoms with Gasteiger partial charge in [0.05, 0.1) is 25.8 Å². The van der Waals surface area contributed by atoms with E-state index in [0.29, 0.717) is 11.1 Å². The Morgan fingerprint density at radius 1 is 1.48 bits per heavy atom. The molecule has 1 aromatic heterocycles. The normalized spacial score (nSPS) is 18.2. The highest BCUT2D eigenvalue weighted by atomic mass is 19.1. The molecule has 2 N–H and O–H groups in total. The summed E-state index contributed by atoms with van der Waals surface area (Å²) in [5.41, 5.74) is 0.254. The molecule has 122 valence electrons. The highest BCUT2D eigenvalue weighted by Crippen LogP contribution is 2.29. The predicted octanol–water partition coefficient (Wildman–Crippen LogP) is 1.24. The van der Waals surface area contributed by atoms with E-state index in [9.17, 15) is 19.1 Å². The molecule has 2 aromatic rings. The van der Waals surface area contributed by atoms with Gasteiger partial charge in [-0.05, 0) is 18.2 Å². The summed E-state index contributed by atoms with van der Waals surface area (Å²) in [4.78, 5) is 27.8. The Morgan fingerprint density at radius 2 is 2.26 bits per heavy atom. The van der Waals surface area contributed by atoms with E-state index in [2.05, 4.69) is 4.98 Å². The fourth-order valence-electron chi connectivity index (χ4n) is 2.66. The van der Waals surface area contributed by atoms with Crippen LogP contribution in [0, 0.1) is 5.82 Å². The first-order valence-electron chi connectivity index (χ1n) is 6.99. The predicted molar refractivity (Wildman–Crippen MR) is 78.1 cm³/mol. The second-order valence-electron chi connectivity index (χ2n) is 5.15. The SMILES string of the molecule is COc1ccc(F)c2[nH]c(C(=O)N3CCOCC3C(=O)O)cc12. The van der Waals surface area contributed by atoms with Gasteiger partial charge in [-0.1, -0.05) is 0 Å². The lowest BCUT2D eigenvalue weighted by Crippen LogP contribution is -2.52. The molecule has 1 saturated heterocycles. The molecular formula is C15H15FN2O5. The van der Waals surface area contributed by atoms with E-state index < -0.39 is 23.7 Å². The van der Waals surface area contributed by atoms with Gasteiger partial charge in [0.15, 0.2) is 6.04 Å². The number of ether oxygens (including phenoxy) is 2. The second-order valence-corrected chi connectivity index (χ2v) is 5.15. The zero-order valence-corrected chi connectivity index (χ0v) is 12.3. The number of carbonyl (C=O) groups excluding carboxylic acids is 1. The summed E-state index contributed by atoms with van der Waals surface area (Å²) in [6.45, 7) is 0.344. The van der Waals surface area contributed by atoms with Gasteiger partial charge in [0.2, 0.25) is 0 Å². The zero-order chi connectivity index (χ0) is 16.6. The number of morpholine rings is 1. The van der Waals surface area contributed by atoms with Gasteiger partial charge in [0.1, 0.15) is 17.3 Å². The van der Waals surface area contributed by atoms with Crippen LogP contribution in [0.5, 0.6) is 5.75 Å². The van der Waals surface area contributed by atoms with Crippen molar-refractivity contribution in [2.75, 3.05) is 26.9 Å². The number of hydrogen-bond acceptors (Lipinski definition) is 4. The van der Waals surface area contributed by atoms with E-state index in [1.165, 1.54) is 30.2 Å². The molecule has 1 aliphatic rings. The van der Waals surface area contributed by atoms with Crippen molar-refractivity contribution >= 4 is 22.8 Å².